The van der Waals surface area contributed by atoms with Gasteiger partial charge in [0.1, 0.15) is 0 Å². The van der Waals surface area contributed by atoms with E-state index in [1.54, 1.807) is 18.6 Å². The molecular formula is C21H22ClN5O. The summed E-state index contributed by atoms with van der Waals surface area (Å²) in [7, 11) is 0. The van der Waals surface area contributed by atoms with Gasteiger partial charge in [-0.2, -0.15) is 5.10 Å². The van der Waals surface area contributed by atoms with Crippen LogP contribution in [0.1, 0.15) is 23.0 Å². The lowest BCUT2D eigenvalue weighted by Crippen LogP contribution is -2.48. The molecule has 28 heavy (non-hydrogen) atoms. The van der Waals surface area contributed by atoms with Gasteiger partial charge in [-0.1, -0.05) is 24.6 Å². The number of nitrogens with zero attached hydrogens (tertiary/aromatic N) is 5. The molecule has 1 saturated heterocycles. The second kappa shape index (κ2) is 8.02. The van der Waals surface area contributed by atoms with Crippen LogP contribution in [0.15, 0.2) is 55.0 Å². The third kappa shape index (κ3) is 3.60. The SMILES string of the molecule is CCc1c(C(=O)N2CCN(c3ccncc3)CC2)cnn1-c1cccc(Cl)c1. The van der Waals surface area contributed by atoms with Crippen molar-refractivity contribution in [3.63, 3.8) is 0 Å². The summed E-state index contributed by atoms with van der Waals surface area (Å²) in [5, 5.41) is 5.12. The van der Waals surface area contributed by atoms with Gasteiger partial charge >= 0.3 is 0 Å². The summed E-state index contributed by atoms with van der Waals surface area (Å²) in [6.07, 6.45) is 5.98. The molecule has 0 saturated carbocycles. The molecule has 2 aromatic heterocycles. The van der Waals surface area contributed by atoms with Crippen LogP contribution in [0.3, 0.4) is 0 Å². The van der Waals surface area contributed by atoms with E-state index in [1.165, 1.54) is 0 Å². The van der Waals surface area contributed by atoms with Crippen LogP contribution in [0.4, 0.5) is 5.69 Å². The first-order valence-corrected chi connectivity index (χ1v) is 9.82. The van der Waals surface area contributed by atoms with Gasteiger partial charge in [-0.15, -0.1) is 0 Å². The predicted octanol–water partition coefficient (Wildman–Crippen LogP) is 3.45. The van der Waals surface area contributed by atoms with Crippen molar-refractivity contribution in [2.75, 3.05) is 31.1 Å². The zero-order valence-electron chi connectivity index (χ0n) is 15.8. The molecule has 0 atom stereocenters. The van der Waals surface area contributed by atoms with Crippen molar-refractivity contribution < 1.29 is 4.79 Å². The molecule has 1 aliphatic rings. The average molecular weight is 396 g/mol. The molecule has 0 N–H and O–H groups in total. The van der Waals surface area contributed by atoms with Crippen molar-refractivity contribution in [3.05, 3.63) is 71.3 Å². The Morgan fingerprint density at radius 1 is 1.07 bits per heavy atom. The van der Waals surface area contributed by atoms with E-state index in [4.69, 9.17) is 11.6 Å². The first-order valence-electron chi connectivity index (χ1n) is 9.44. The molecule has 0 bridgehead atoms. The number of aromatic nitrogens is 3. The first-order chi connectivity index (χ1) is 13.7. The Hall–Kier alpha value is -2.86. The van der Waals surface area contributed by atoms with Gasteiger partial charge in [-0.3, -0.25) is 9.78 Å². The predicted molar refractivity (Wildman–Crippen MR) is 110 cm³/mol. The highest BCUT2D eigenvalue weighted by molar-refractivity contribution is 6.30. The standard InChI is InChI=1S/C21H22ClN5O/c1-2-20-19(15-24-27(20)18-5-3-4-16(22)14-18)21(28)26-12-10-25(11-13-26)17-6-8-23-9-7-17/h3-9,14-15H,2,10-13H2,1H3. The highest BCUT2D eigenvalue weighted by Gasteiger charge is 2.26. The van der Waals surface area contributed by atoms with Crippen LogP contribution in [-0.2, 0) is 6.42 Å². The fourth-order valence-electron chi connectivity index (χ4n) is 3.62. The average Bonchev–Trinajstić information content (AvgIpc) is 3.18. The number of piperazine rings is 1. The quantitative estimate of drug-likeness (QED) is 0.679. The maximum atomic E-state index is 13.2. The van der Waals surface area contributed by atoms with Gasteiger partial charge in [-0.05, 0) is 36.8 Å². The van der Waals surface area contributed by atoms with Gasteiger partial charge in [0.25, 0.3) is 5.91 Å². The number of carbonyl (C=O) groups is 1. The maximum Gasteiger partial charge on any atom is 0.257 e. The highest BCUT2D eigenvalue weighted by atomic mass is 35.5. The normalized spacial score (nSPS) is 14.4. The number of hydrogen-bond acceptors (Lipinski definition) is 4. The zero-order chi connectivity index (χ0) is 19.5. The third-order valence-corrected chi connectivity index (χ3v) is 5.32. The first kappa shape index (κ1) is 18.5. The minimum Gasteiger partial charge on any atom is -0.368 e. The van der Waals surface area contributed by atoms with Crippen molar-refractivity contribution in [2.45, 2.75) is 13.3 Å². The largest absolute Gasteiger partial charge is 0.368 e. The second-order valence-corrected chi connectivity index (χ2v) is 7.17. The third-order valence-electron chi connectivity index (χ3n) is 5.08. The lowest BCUT2D eigenvalue weighted by molar-refractivity contribution is 0.0745. The summed E-state index contributed by atoms with van der Waals surface area (Å²) in [6.45, 7) is 5.02. The molecule has 3 heterocycles. The van der Waals surface area contributed by atoms with Crippen molar-refractivity contribution in [3.8, 4) is 5.69 Å². The van der Waals surface area contributed by atoms with E-state index in [-0.39, 0.29) is 5.91 Å². The van der Waals surface area contributed by atoms with Crippen LogP contribution < -0.4 is 4.90 Å². The molecule has 1 aromatic carbocycles. The minimum atomic E-state index is 0.0412. The number of rotatable bonds is 4. The number of anilines is 1. The Morgan fingerprint density at radius 3 is 2.50 bits per heavy atom. The maximum absolute atomic E-state index is 13.2. The Kier molecular flexibility index (Phi) is 5.30. The van der Waals surface area contributed by atoms with Crippen LogP contribution in [0.25, 0.3) is 5.69 Å². The Morgan fingerprint density at radius 2 is 1.82 bits per heavy atom. The Bertz CT molecular complexity index is 964. The van der Waals surface area contributed by atoms with E-state index in [1.807, 2.05) is 52.9 Å². The number of pyridine rings is 1. The van der Waals surface area contributed by atoms with E-state index in [0.29, 0.717) is 30.1 Å². The number of hydrogen-bond donors (Lipinski definition) is 0. The van der Waals surface area contributed by atoms with Gasteiger partial charge in [0.15, 0.2) is 0 Å². The lowest BCUT2D eigenvalue weighted by atomic mass is 10.1. The number of benzene rings is 1. The van der Waals surface area contributed by atoms with Crippen LogP contribution in [0, 0.1) is 0 Å². The molecule has 0 unspecified atom stereocenters. The van der Waals surface area contributed by atoms with Gasteiger partial charge in [-0.25, -0.2) is 4.68 Å². The molecule has 3 aromatic rings. The lowest BCUT2D eigenvalue weighted by Gasteiger charge is -2.36. The molecule has 1 aliphatic heterocycles. The minimum absolute atomic E-state index is 0.0412. The van der Waals surface area contributed by atoms with Crippen molar-refractivity contribution >= 4 is 23.2 Å². The summed E-state index contributed by atoms with van der Waals surface area (Å²) < 4.78 is 1.81. The summed E-state index contributed by atoms with van der Waals surface area (Å²) in [5.41, 5.74) is 3.58. The van der Waals surface area contributed by atoms with Crippen molar-refractivity contribution in [1.82, 2.24) is 19.7 Å². The van der Waals surface area contributed by atoms with Gasteiger partial charge in [0, 0.05) is 49.3 Å². The van der Waals surface area contributed by atoms with Crippen molar-refractivity contribution in [2.24, 2.45) is 0 Å². The molecule has 0 aliphatic carbocycles. The molecule has 144 valence electrons. The molecule has 6 nitrogen and oxygen atoms in total. The molecule has 0 radical (unpaired) electrons. The highest BCUT2D eigenvalue weighted by Crippen LogP contribution is 2.21. The van der Waals surface area contributed by atoms with E-state index in [2.05, 4.69) is 15.0 Å². The molecule has 4 rings (SSSR count). The Labute approximate surface area is 169 Å². The fraction of sp³-hybridized carbons (Fsp3) is 0.286. The van der Waals surface area contributed by atoms with E-state index in [0.717, 1.165) is 30.2 Å². The number of carbonyl (C=O) groups excluding carboxylic acids is 1. The van der Waals surface area contributed by atoms with Gasteiger partial charge in [0.05, 0.1) is 23.1 Å². The van der Waals surface area contributed by atoms with Gasteiger partial charge < -0.3 is 9.80 Å². The fourth-order valence-corrected chi connectivity index (χ4v) is 3.80. The van der Waals surface area contributed by atoms with Crippen LogP contribution in [0.2, 0.25) is 5.02 Å². The summed E-state index contributed by atoms with van der Waals surface area (Å²) in [4.78, 5) is 21.4. The topological polar surface area (TPSA) is 54.3 Å². The Balaban J connectivity index is 1.51. The number of halogens is 1. The van der Waals surface area contributed by atoms with E-state index < -0.39 is 0 Å². The van der Waals surface area contributed by atoms with Crippen LogP contribution >= 0.6 is 11.6 Å². The molecule has 0 spiro atoms. The summed E-state index contributed by atoms with van der Waals surface area (Å²) >= 11 is 6.12. The smallest absolute Gasteiger partial charge is 0.257 e. The summed E-state index contributed by atoms with van der Waals surface area (Å²) in [5.74, 6) is 0.0412. The molecule has 1 amide bonds. The van der Waals surface area contributed by atoms with E-state index >= 15 is 0 Å². The summed E-state index contributed by atoms with van der Waals surface area (Å²) in [6, 6.07) is 11.5. The van der Waals surface area contributed by atoms with E-state index in [9.17, 15) is 4.79 Å². The molecule has 7 heteroatoms. The molecular weight excluding hydrogens is 374 g/mol. The zero-order valence-corrected chi connectivity index (χ0v) is 16.5. The number of amides is 1. The van der Waals surface area contributed by atoms with Crippen LogP contribution in [-0.4, -0.2) is 51.8 Å². The molecule has 1 fully saturated rings. The van der Waals surface area contributed by atoms with Crippen molar-refractivity contribution in [1.29, 1.82) is 0 Å². The monoisotopic (exact) mass is 395 g/mol. The van der Waals surface area contributed by atoms with Gasteiger partial charge in [0.2, 0.25) is 0 Å². The van der Waals surface area contributed by atoms with Crippen LogP contribution in [0.5, 0.6) is 0 Å². The second-order valence-electron chi connectivity index (χ2n) is 6.73.